The molecule has 2 rings (SSSR count). The fourth-order valence-corrected chi connectivity index (χ4v) is 3.11. The Labute approximate surface area is 105 Å². The van der Waals surface area contributed by atoms with Crippen molar-refractivity contribution in [2.75, 3.05) is 0 Å². The lowest BCUT2D eigenvalue weighted by Gasteiger charge is -2.16. The van der Waals surface area contributed by atoms with Crippen LogP contribution >= 0.6 is 27.3 Å². The molecule has 1 aromatic carbocycles. The van der Waals surface area contributed by atoms with E-state index in [9.17, 15) is 4.39 Å². The van der Waals surface area contributed by atoms with E-state index in [1.165, 1.54) is 6.07 Å². The number of hydrogen-bond acceptors (Lipinski definition) is 3. The monoisotopic (exact) mass is 300 g/mol. The third kappa shape index (κ3) is 2.17. The van der Waals surface area contributed by atoms with Gasteiger partial charge in [-0.05, 0) is 32.9 Å². The molecule has 0 aliphatic carbocycles. The number of hydrazine groups is 1. The fraction of sp³-hybridized carbons (Fsp3) is 0.0909. The number of hydrogen-bond donors (Lipinski definition) is 2. The molecule has 1 heterocycles. The minimum atomic E-state index is -0.332. The van der Waals surface area contributed by atoms with E-state index in [1.807, 2.05) is 10.8 Å². The third-order valence-corrected chi connectivity index (χ3v) is 4.09. The Kier molecular flexibility index (Phi) is 3.70. The van der Waals surface area contributed by atoms with E-state index >= 15 is 0 Å². The number of halogens is 2. The van der Waals surface area contributed by atoms with Crippen molar-refractivity contribution in [3.63, 3.8) is 0 Å². The molecule has 2 aromatic rings. The molecular weight excluding hydrogens is 291 g/mol. The highest BCUT2D eigenvalue weighted by Gasteiger charge is 2.18. The maximum absolute atomic E-state index is 13.6. The van der Waals surface area contributed by atoms with Gasteiger partial charge in [0.1, 0.15) is 5.82 Å². The summed E-state index contributed by atoms with van der Waals surface area (Å²) in [6, 6.07) is 6.28. The molecule has 1 unspecified atom stereocenters. The average Bonchev–Trinajstić information content (AvgIpc) is 2.69. The molecule has 0 saturated carbocycles. The summed E-state index contributed by atoms with van der Waals surface area (Å²) in [4.78, 5) is 0. The van der Waals surface area contributed by atoms with Crippen LogP contribution in [0.15, 0.2) is 39.5 Å². The van der Waals surface area contributed by atoms with Gasteiger partial charge >= 0.3 is 0 Å². The molecule has 0 saturated heterocycles. The predicted octanol–water partition coefficient (Wildman–Crippen LogP) is 3.20. The zero-order valence-corrected chi connectivity index (χ0v) is 10.7. The van der Waals surface area contributed by atoms with Crippen LogP contribution in [-0.2, 0) is 0 Å². The van der Waals surface area contributed by atoms with Crippen LogP contribution < -0.4 is 11.3 Å². The number of rotatable bonds is 3. The average molecular weight is 301 g/mol. The zero-order chi connectivity index (χ0) is 11.5. The predicted molar refractivity (Wildman–Crippen MR) is 67.6 cm³/mol. The van der Waals surface area contributed by atoms with E-state index in [1.54, 1.807) is 29.5 Å². The maximum atomic E-state index is 13.6. The first-order valence-corrected chi connectivity index (χ1v) is 6.39. The van der Waals surface area contributed by atoms with Gasteiger partial charge in [0.2, 0.25) is 0 Å². The summed E-state index contributed by atoms with van der Waals surface area (Å²) in [6.45, 7) is 0. The SMILES string of the molecule is NNC(c1ccccc1F)c1cscc1Br. The van der Waals surface area contributed by atoms with Crippen LogP contribution in [0, 0.1) is 5.82 Å². The highest BCUT2D eigenvalue weighted by Crippen LogP contribution is 2.31. The molecule has 3 N–H and O–H groups in total. The first kappa shape index (κ1) is 11.7. The highest BCUT2D eigenvalue weighted by atomic mass is 79.9. The van der Waals surface area contributed by atoms with Gasteiger partial charge in [0, 0.05) is 15.4 Å². The molecule has 1 aromatic heterocycles. The second-order valence-corrected chi connectivity index (χ2v) is 4.89. The Hall–Kier alpha value is -0.750. The summed E-state index contributed by atoms with van der Waals surface area (Å²) in [5.74, 6) is 5.24. The molecule has 0 spiro atoms. The molecular formula is C11H10BrFN2S. The van der Waals surface area contributed by atoms with Crippen LogP contribution in [0.2, 0.25) is 0 Å². The Morgan fingerprint density at radius 2 is 2.00 bits per heavy atom. The summed E-state index contributed by atoms with van der Waals surface area (Å²) >= 11 is 4.97. The van der Waals surface area contributed by atoms with Crippen LogP contribution in [0.3, 0.4) is 0 Å². The summed E-state index contributed by atoms with van der Waals surface area (Å²) in [5.41, 5.74) is 4.13. The van der Waals surface area contributed by atoms with Crippen molar-refractivity contribution in [3.8, 4) is 0 Å². The Morgan fingerprint density at radius 3 is 2.56 bits per heavy atom. The quantitative estimate of drug-likeness (QED) is 0.675. The third-order valence-electron chi connectivity index (χ3n) is 2.34. The topological polar surface area (TPSA) is 38.0 Å². The van der Waals surface area contributed by atoms with Gasteiger partial charge in [0.05, 0.1) is 6.04 Å². The molecule has 0 aliphatic rings. The van der Waals surface area contributed by atoms with Gasteiger partial charge in [-0.1, -0.05) is 18.2 Å². The summed E-state index contributed by atoms with van der Waals surface area (Å²) in [5, 5.41) is 3.89. The standard InChI is InChI=1S/C11H10BrFN2S/c12-9-6-16-5-8(9)11(15-14)7-3-1-2-4-10(7)13/h1-6,11,15H,14H2. The van der Waals surface area contributed by atoms with Crippen molar-refractivity contribution in [2.45, 2.75) is 6.04 Å². The van der Waals surface area contributed by atoms with E-state index < -0.39 is 0 Å². The molecule has 0 fully saturated rings. The van der Waals surface area contributed by atoms with E-state index in [0.717, 1.165) is 10.0 Å². The molecule has 2 nitrogen and oxygen atoms in total. The Balaban J connectivity index is 2.45. The Bertz CT molecular complexity index is 486. The molecule has 16 heavy (non-hydrogen) atoms. The van der Waals surface area contributed by atoms with Crippen molar-refractivity contribution in [1.82, 2.24) is 5.43 Å². The summed E-state index contributed by atoms with van der Waals surface area (Å²) in [7, 11) is 0. The number of thiophene rings is 1. The van der Waals surface area contributed by atoms with E-state index in [2.05, 4.69) is 21.4 Å². The van der Waals surface area contributed by atoms with Crippen molar-refractivity contribution in [3.05, 3.63) is 56.4 Å². The van der Waals surface area contributed by atoms with Gasteiger partial charge in [0.15, 0.2) is 0 Å². The summed E-state index contributed by atoms with van der Waals surface area (Å²) in [6.07, 6.45) is 0. The van der Waals surface area contributed by atoms with Gasteiger partial charge in [-0.2, -0.15) is 11.3 Å². The molecule has 0 radical (unpaired) electrons. The van der Waals surface area contributed by atoms with E-state index in [-0.39, 0.29) is 11.9 Å². The number of benzene rings is 1. The molecule has 0 aliphatic heterocycles. The second-order valence-electron chi connectivity index (χ2n) is 3.30. The van der Waals surface area contributed by atoms with Crippen LogP contribution in [0.5, 0.6) is 0 Å². The van der Waals surface area contributed by atoms with Crippen molar-refractivity contribution in [1.29, 1.82) is 0 Å². The number of nitrogens with two attached hydrogens (primary N) is 1. The lowest BCUT2D eigenvalue weighted by molar-refractivity contribution is 0.560. The van der Waals surface area contributed by atoms with Gasteiger partial charge in [-0.15, -0.1) is 0 Å². The first-order chi connectivity index (χ1) is 7.74. The molecule has 1 atom stereocenters. The van der Waals surface area contributed by atoms with Crippen molar-refractivity contribution in [2.24, 2.45) is 5.84 Å². The first-order valence-electron chi connectivity index (χ1n) is 4.66. The lowest BCUT2D eigenvalue weighted by atomic mass is 10.0. The molecule has 0 bridgehead atoms. The van der Waals surface area contributed by atoms with E-state index in [0.29, 0.717) is 5.56 Å². The maximum Gasteiger partial charge on any atom is 0.128 e. The van der Waals surface area contributed by atoms with Crippen LogP contribution in [-0.4, -0.2) is 0 Å². The van der Waals surface area contributed by atoms with Crippen LogP contribution in [0.25, 0.3) is 0 Å². The molecule has 5 heteroatoms. The summed E-state index contributed by atoms with van der Waals surface area (Å²) < 4.78 is 14.6. The van der Waals surface area contributed by atoms with Gasteiger partial charge in [-0.3, -0.25) is 5.84 Å². The largest absolute Gasteiger partial charge is 0.271 e. The smallest absolute Gasteiger partial charge is 0.128 e. The van der Waals surface area contributed by atoms with E-state index in [4.69, 9.17) is 5.84 Å². The Morgan fingerprint density at radius 1 is 1.25 bits per heavy atom. The highest BCUT2D eigenvalue weighted by molar-refractivity contribution is 9.10. The van der Waals surface area contributed by atoms with Gasteiger partial charge < -0.3 is 0 Å². The minimum absolute atomic E-state index is 0.261. The lowest BCUT2D eigenvalue weighted by Crippen LogP contribution is -2.29. The normalized spacial score (nSPS) is 12.7. The zero-order valence-electron chi connectivity index (χ0n) is 8.28. The van der Waals surface area contributed by atoms with Gasteiger partial charge in [-0.25, -0.2) is 9.82 Å². The van der Waals surface area contributed by atoms with Gasteiger partial charge in [0.25, 0.3) is 0 Å². The second kappa shape index (κ2) is 5.05. The van der Waals surface area contributed by atoms with Crippen LogP contribution in [0.4, 0.5) is 4.39 Å². The van der Waals surface area contributed by atoms with Crippen molar-refractivity contribution >= 4 is 27.3 Å². The minimum Gasteiger partial charge on any atom is -0.271 e. The number of nitrogens with one attached hydrogen (secondary N) is 1. The molecule has 84 valence electrons. The molecule has 0 amide bonds. The van der Waals surface area contributed by atoms with Crippen LogP contribution in [0.1, 0.15) is 17.2 Å². The fourth-order valence-electron chi connectivity index (χ4n) is 1.55. The van der Waals surface area contributed by atoms with Crippen molar-refractivity contribution < 1.29 is 4.39 Å².